The molecule has 2 amide bonds. The van der Waals surface area contributed by atoms with Crippen molar-refractivity contribution < 1.29 is 14.0 Å². The predicted molar refractivity (Wildman–Crippen MR) is 98.9 cm³/mol. The standard InChI is InChI=1S/C19H19BrFN3O2/c20-17-4-1-14(21)11-16(17)19(26)23-10-7-18(25)24(15-2-3-15)12-13-5-8-22-9-6-13/h1,4-6,8-9,11,15H,2-3,7,10,12H2,(H,23,26). The lowest BCUT2D eigenvalue weighted by atomic mass is 10.2. The van der Waals surface area contributed by atoms with E-state index >= 15 is 0 Å². The highest BCUT2D eigenvalue weighted by Gasteiger charge is 2.32. The van der Waals surface area contributed by atoms with Gasteiger partial charge >= 0.3 is 0 Å². The van der Waals surface area contributed by atoms with Crippen molar-refractivity contribution >= 4 is 27.7 Å². The monoisotopic (exact) mass is 419 g/mol. The summed E-state index contributed by atoms with van der Waals surface area (Å²) in [5.41, 5.74) is 1.25. The Hall–Kier alpha value is -2.28. The summed E-state index contributed by atoms with van der Waals surface area (Å²) in [5, 5.41) is 2.68. The van der Waals surface area contributed by atoms with E-state index in [1.807, 2.05) is 17.0 Å². The number of halogens is 2. The molecule has 5 nitrogen and oxygen atoms in total. The molecule has 1 aromatic carbocycles. The second-order valence-electron chi connectivity index (χ2n) is 6.24. The van der Waals surface area contributed by atoms with Gasteiger partial charge in [-0.3, -0.25) is 14.6 Å². The summed E-state index contributed by atoms with van der Waals surface area (Å²) in [6.07, 6.45) is 5.66. The van der Waals surface area contributed by atoms with Crippen molar-refractivity contribution in [3.05, 3.63) is 64.1 Å². The first kappa shape index (κ1) is 18.5. The van der Waals surface area contributed by atoms with Gasteiger partial charge in [-0.15, -0.1) is 0 Å². The Balaban J connectivity index is 1.53. The molecule has 136 valence electrons. The molecule has 1 aromatic heterocycles. The molecule has 0 spiro atoms. The van der Waals surface area contributed by atoms with Crippen molar-refractivity contribution in [2.24, 2.45) is 0 Å². The van der Waals surface area contributed by atoms with Gasteiger partial charge in [0.05, 0.1) is 5.56 Å². The van der Waals surface area contributed by atoms with Crippen LogP contribution in [0.25, 0.3) is 0 Å². The van der Waals surface area contributed by atoms with Crippen LogP contribution in [0.4, 0.5) is 4.39 Å². The van der Waals surface area contributed by atoms with Gasteiger partial charge in [0.25, 0.3) is 5.91 Å². The Morgan fingerprint density at radius 2 is 1.96 bits per heavy atom. The topological polar surface area (TPSA) is 62.3 Å². The molecule has 1 N–H and O–H groups in total. The van der Waals surface area contributed by atoms with Crippen LogP contribution in [0.1, 0.15) is 35.2 Å². The van der Waals surface area contributed by atoms with Crippen LogP contribution in [0.5, 0.6) is 0 Å². The van der Waals surface area contributed by atoms with Crippen molar-refractivity contribution in [2.75, 3.05) is 6.54 Å². The largest absolute Gasteiger partial charge is 0.351 e. The van der Waals surface area contributed by atoms with Crippen LogP contribution in [0.2, 0.25) is 0 Å². The van der Waals surface area contributed by atoms with E-state index in [2.05, 4.69) is 26.2 Å². The van der Waals surface area contributed by atoms with Gasteiger partial charge in [-0.25, -0.2) is 4.39 Å². The molecule has 0 aliphatic heterocycles. The van der Waals surface area contributed by atoms with Crippen molar-refractivity contribution in [1.82, 2.24) is 15.2 Å². The minimum Gasteiger partial charge on any atom is -0.351 e. The molecule has 1 heterocycles. The highest BCUT2D eigenvalue weighted by molar-refractivity contribution is 9.10. The summed E-state index contributed by atoms with van der Waals surface area (Å²) in [6, 6.07) is 8.00. The lowest BCUT2D eigenvalue weighted by molar-refractivity contribution is -0.132. The van der Waals surface area contributed by atoms with E-state index in [1.165, 1.54) is 18.2 Å². The fraction of sp³-hybridized carbons (Fsp3) is 0.316. The van der Waals surface area contributed by atoms with E-state index in [9.17, 15) is 14.0 Å². The van der Waals surface area contributed by atoms with E-state index in [-0.39, 0.29) is 30.5 Å². The number of carbonyl (C=O) groups is 2. The molecule has 0 unspecified atom stereocenters. The van der Waals surface area contributed by atoms with E-state index in [4.69, 9.17) is 0 Å². The van der Waals surface area contributed by atoms with Gasteiger partial charge in [0, 0.05) is 42.4 Å². The molecule has 3 rings (SSSR count). The quantitative estimate of drug-likeness (QED) is 0.748. The van der Waals surface area contributed by atoms with E-state index in [0.29, 0.717) is 11.0 Å². The molecule has 0 atom stereocenters. The van der Waals surface area contributed by atoms with Gasteiger partial charge in [-0.2, -0.15) is 0 Å². The van der Waals surface area contributed by atoms with Crippen LogP contribution in [0.15, 0.2) is 47.2 Å². The number of nitrogens with zero attached hydrogens (tertiary/aromatic N) is 2. The lowest BCUT2D eigenvalue weighted by Gasteiger charge is -2.22. The third kappa shape index (κ3) is 4.88. The number of amides is 2. The molecule has 26 heavy (non-hydrogen) atoms. The van der Waals surface area contributed by atoms with Gasteiger partial charge in [0.15, 0.2) is 0 Å². The zero-order chi connectivity index (χ0) is 18.5. The molecule has 0 saturated heterocycles. The third-order valence-corrected chi connectivity index (χ3v) is 4.90. The summed E-state index contributed by atoms with van der Waals surface area (Å²) >= 11 is 3.23. The van der Waals surface area contributed by atoms with Crippen LogP contribution in [0.3, 0.4) is 0 Å². The molecule has 1 aliphatic rings. The molecule has 1 aliphatic carbocycles. The number of hydrogen-bond donors (Lipinski definition) is 1. The zero-order valence-corrected chi connectivity index (χ0v) is 15.7. The summed E-state index contributed by atoms with van der Waals surface area (Å²) in [6.45, 7) is 0.760. The van der Waals surface area contributed by atoms with E-state index in [1.54, 1.807) is 12.4 Å². The maximum atomic E-state index is 13.3. The van der Waals surface area contributed by atoms with Crippen molar-refractivity contribution in [3.63, 3.8) is 0 Å². The second kappa shape index (κ2) is 8.40. The molecule has 2 aromatic rings. The number of hydrogen-bond acceptors (Lipinski definition) is 3. The molecule has 1 saturated carbocycles. The molecular formula is C19H19BrFN3O2. The fourth-order valence-electron chi connectivity index (χ4n) is 2.69. The Morgan fingerprint density at radius 3 is 2.65 bits per heavy atom. The van der Waals surface area contributed by atoms with Crippen LogP contribution < -0.4 is 5.32 Å². The van der Waals surface area contributed by atoms with Gasteiger partial charge in [0.1, 0.15) is 5.82 Å². The van der Waals surface area contributed by atoms with E-state index < -0.39 is 11.7 Å². The number of rotatable bonds is 7. The number of nitrogens with one attached hydrogen (secondary N) is 1. The Morgan fingerprint density at radius 1 is 1.23 bits per heavy atom. The first-order valence-corrected chi connectivity index (χ1v) is 9.25. The number of carbonyl (C=O) groups excluding carboxylic acids is 2. The first-order valence-electron chi connectivity index (χ1n) is 8.46. The van der Waals surface area contributed by atoms with Gasteiger partial charge in [-0.1, -0.05) is 0 Å². The van der Waals surface area contributed by atoms with Crippen LogP contribution in [-0.2, 0) is 11.3 Å². The molecule has 0 radical (unpaired) electrons. The van der Waals surface area contributed by atoms with Crippen molar-refractivity contribution in [2.45, 2.75) is 31.8 Å². The Bertz CT molecular complexity index is 797. The van der Waals surface area contributed by atoms with Crippen molar-refractivity contribution in [1.29, 1.82) is 0 Å². The second-order valence-corrected chi connectivity index (χ2v) is 7.09. The smallest absolute Gasteiger partial charge is 0.252 e. The van der Waals surface area contributed by atoms with E-state index in [0.717, 1.165) is 18.4 Å². The number of benzene rings is 1. The maximum absolute atomic E-state index is 13.3. The van der Waals surface area contributed by atoms with Gasteiger partial charge in [-0.05, 0) is 64.7 Å². The third-order valence-electron chi connectivity index (χ3n) is 4.21. The summed E-state index contributed by atoms with van der Waals surface area (Å²) < 4.78 is 13.8. The minimum atomic E-state index is -0.480. The SMILES string of the molecule is O=C(NCCC(=O)N(Cc1ccncc1)C1CC1)c1cc(F)ccc1Br. The average molecular weight is 420 g/mol. The average Bonchev–Trinajstić information content (AvgIpc) is 3.47. The van der Waals surface area contributed by atoms with Crippen molar-refractivity contribution in [3.8, 4) is 0 Å². The molecule has 1 fully saturated rings. The van der Waals surface area contributed by atoms with Gasteiger partial charge in [0.2, 0.25) is 5.91 Å². The number of pyridine rings is 1. The molecule has 0 bridgehead atoms. The van der Waals surface area contributed by atoms with Crippen LogP contribution >= 0.6 is 15.9 Å². The fourth-order valence-corrected chi connectivity index (χ4v) is 3.11. The highest BCUT2D eigenvalue weighted by atomic mass is 79.9. The van der Waals surface area contributed by atoms with Crippen LogP contribution in [-0.4, -0.2) is 34.3 Å². The summed E-state index contributed by atoms with van der Waals surface area (Å²) in [7, 11) is 0. The highest BCUT2D eigenvalue weighted by Crippen LogP contribution is 2.28. The maximum Gasteiger partial charge on any atom is 0.252 e. The Labute approximate surface area is 159 Å². The zero-order valence-electron chi connectivity index (χ0n) is 14.1. The molecular weight excluding hydrogens is 401 g/mol. The lowest BCUT2D eigenvalue weighted by Crippen LogP contribution is -2.35. The minimum absolute atomic E-state index is 0.00270. The Kier molecular flexibility index (Phi) is 5.98. The summed E-state index contributed by atoms with van der Waals surface area (Å²) in [4.78, 5) is 30.6. The van der Waals surface area contributed by atoms with Crippen LogP contribution in [0, 0.1) is 5.82 Å². The normalized spacial score (nSPS) is 13.3. The number of aromatic nitrogens is 1. The predicted octanol–water partition coefficient (Wildman–Crippen LogP) is 3.29. The van der Waals surface area contributed by atoms with Gasteiger partial charge < -0.3 is 10.2 Å². The first-order chi connectivity index (χ1) is 12.5. The molecule has 7 heteroatoms. The summed E-state index contributed by atoms with van der Waals surface area (Å²) in [5.74, 6) is -0.883.